The number of amides is 1. The summed E-state index contributed by atoms with van der Waals surface area (Å²) in [5, 5.41) is 4.22. The summed E-state index contributed by atoms with van der Waals surface area (Å²) in [6.07, 6.45) is 6.67. The first-order valence-electron chi connectivity index (χ1n) is 10.3. The van der Waals surface area contributed by atoms with E-state index < -0.39 is 0 Å². The topological polar surface area (TPSA) is 61.0 Å². The number of aromatic amines is 1. The van der Waals surface area contributed by atoms with Crippen molar-refractivity contribution in [3.05, 3.63) is 65.7 Å². The minimum atomic E-state index is -0.237. The lowest BCUT2D eigenvalue weighted by atomic mass is 9.89. The van der Waals surface area contributed by atoms with Crippen molar-refractivity contribution in [2.75, 3.05) is 19.6 Å². The van der Waals surface area contributed by atoms with Crippen molar-refractivity contribution in [3.8, 4) is 0 Å². The molecule has 1 unspecified atom stereocenters. The third-order valence-corrected chi connectivity index (χ3v) is 6.01. The van der Waals surface area contributed by atoms with Crippen LogP contribution in [0.15, 0.2) is 48.8 Å². The molecule has 3 heterocycles. The normalized spacial score (nSPS) is 16.8. The van der Waals surface area contributed by atoms with Gasteiger partial charge in [-0.1, -0.05) is 12.1 Å². The maximum atomic E-state index is 13.0. The lowest BCUT2D eigenvalue weighted by molar-refractivity contribution is -0.126. The number of piperidine rings is 1. The minimum absolute atomic E-state index is 0.0573. The van der Waals surface area contributed by atoms with Crippen LogP contribution in [0.4, 0.5) is 4.39 Å². The highest BCUT2D eigenvalue weighted by Crippen LogP contribution is 2.33. The molecule has 2 aromatic heterocycles. The summed E-state index contributed by atoms with van der Waals surface area (Å²) in [6.45, 7) is 4.35. The third-order valence-electron chi connectivity index (χ3n) is 6.01. The zero-order valence-electron chi connectivity index (χ0n) is 16.7. The molecule has 1 aromatic carbocycles. The number of halogens is 1. The number of rotatable bonds is 6. The molecular weight excluding hydrogens is 367 g/mol. The van der Waals surface area contributed by atoms with Gasteiger partial charge < -0.3 is 10.3 Å². The van der Waals surface area contributed by atoms with Gasteiger partial charge in [0, 0.05) is 24.3 Å². The highest BCUT2D eigenvalue weighted by molar-refractivity contribution is 5.81. The fraction of sp³-hybridized carbons (Fsp3) is 0.391. The number of hydrogen-bond acceptors (Lipinski definition) is 3. The molecular formula is C23H27FN4O. The van der Waals surface area contributed by atoms with Crippen molar-refractivity contribution in [1.29, 1.82) is 0 Å². The van der Waals surface area contributed by atoms with Gasteiger partial charge >= 0.3 is 0 Å². The fourth-order valence-corrected chi connectivity index (χ4v) is 4.21. The van der Waals surface area contributed by atoms with Crippen molar-refractivity contribution in [1.82, 2.24) is 20.2 Å². The van der Waals surface area contributed by atoms with Crippen LogP contribution in [0.25, 0.3) is 11.0 Å². The van der Waals surface area contributed by atoms with Crippen molar-refractivity contribution in [2.24, 2.45) is 0 Å². The molecule has 1 atom stereocenters. The average molecular weight is 394 g/mol. The van der Waals surface area contributed by atoms with Crippen LogP contribution in [0, 0.1) is 5.82 Å². The number of hydrogen-bond donors (Lipinski definition) is 2. The van der Waals surface area contributed by atoms with Crippen LogP contribution in [0.1, 0.15) is 36.8 Å². The molecule has 2 N–H and O–H groups in total. The molecule has 1 aliphatic rings. The van der Waals surface area contributed by atoms with Gasteiger partial charge in [0.2, 0.25) is 5.91 Å². The van der Waals surface area contributed by atoms with Crippen LogP contribution in [-0.4, -0.2) is 46.5 Å². The highest BCUT2D eigenvalue weighted by atomic mass is 19.1. The van der Waals surface area contributed by atoms with E-state index in [4.69, 9.17) is 0 Å². The Morgan fingerprint density at radius 2 is 2.03 bits per heavy atom. The SMILES string of the molecule is CC(C(=O)NCCc1ccc(F)cc1)N1CCC(c2c[nH]c3ncccc23)CC1. The molecule has 152 valence electrons. The largest absolute Gasteiger partial charge is 0.354 e. The van der Waals surface area contributed by atoms with Crippen LogP contribution in [0.3, 0.4) is 0 Å². The smallest absolute Gasteiger partial charge is 0.237 e. The molecule has 1 saturated heterocycles. The molecule has 0 aliphatic carbocycles. The van der Waals surface area contributed by atoms with Crippen molar-refractivity contribution in [3.63, 3.8) is 0 Å². The van der Waals surface area contributed by atoms with Crippen LogP contribution < -0.4 is 5.32 Å². The molecule has 3 aromatic rings. The predicted molar refractivity (Wildman–Crippen MR) is 112 cm³/mol. The standard InChI is InChI=1S/C23H27FN4O/c1-16(23(29)26-12-8-17-4-6-19(24)7-5-17)28-13-9-18(10-14-28)21-15-27-22-20(21)3-2-11-25-22/h2-7,11,15-16,18H,8-10,12-14H2,1H3,(H,25,27)(H,26,29). The van der Waals surface area contributed by atoms with Crippen LogP contribution >= 0.6 is 0 Å². The quantitative estimate of drug-likeness (QED) is 0.671. The second kappa shape index (κ2) is 8.74. The Balaban J connectivity index is 1.26. The first-order chi connectivity index (χ1) is 14.1. The van der Waals surface area contributed by atoms with Gasteiger partial charge in [0.15, 0.2) is 0 Å². The second-order valence-electron chi connectivity index (χ2n) is 7.80. The lowest BCUT2D eigenvalue weighted by Crippen LogP contribution is -2.48. The molecule has 0 radical (unpaired) electrons. The Bertz CT molecular complexity index is 960. The molecule has 1 amide bonds. The van der Waals surface area contributed by atoms with E-state index in [9.17, 15) is 9.18 Å². The van der Waals surface area contributed by atoms with Gasteiger partial charge in [-0.05, 0) is 80.6 Å². The number of likely N-dealkylation sites (tertiary alicyclic amines) is 1. The van der Waals surface area contributed by atoms with Crippen molar-refractivity contribution in [2.45, 2.75) is 38.1 Å². The van der Waals surface area contributed by atoms with Gasteiger partial charge in [0.25, 0.3) is 0 Å². The Morgan fingerprint density at radius 3 is 2.79 bits per heavy atom. The second-order valence-corrected chi connectivity index (χ2v) is 7.80. The highest BCUT2D eigenvalue weighted by Gasteiger charge is 2.28. The molecule has 6 heteroatoms. The molecule has 5 nitrogen and oxygen atoms in total. The van der Waals surface area contributed by atoms with Crippen molar-refractivity contribution < 1.29 is 9.18 Å². The predicted octanol–water partition coefficient (Wildman–Crippen LogP) is 3.63. The maximum Gasteiger partial charge on any atom is 0.237 e. The maximum absolute atomic E-state index is 13.0. The molecule has 0 spiro atoms. The molecule has 0 saturated carbocycles. The third kappa shape index (κ3) is 4.48. The fourth-order valence-electron chi connectivity index (χ4n) is 4.21. The van der Waals surface area contributed by atoms with Gasteiger partial charge in [0.1, 0.15) is 11.5 Å². The Hall–Kier alpha value is -2.73. The van der Waals surface area contributed by atoms with Gasteiger partial charge in [-0.3, -0.25) is 9.69 Å². The summed E-state index contributed by atoms with van der Waals surface area (Å²) in [5.74, 6) is 0.318. The molecule has 29 heavy (non-hydrogen) atoms. The van der Waals surface area contributed by atoms with Crippen molar-refractivity contribution >= 4 is 16.9 Å². The Morgan fingerprint density at radius 1 is 1.28 bits per heavy atom. The first kappa shape index (κ1) is 19.6. The number of benzene rings is 1. The average Bonchev–Trinajstić information content (AvgIpc) is 3.19. The van der Waals surface area contributed by atoms with Gasteiger partial charge in [0.05, 0.1) is 6.04 Å². The number of nitrogens with one attached hydrogen (secondary N) is 2. The van der Waals surface area contributed by atoms with Crippen LogP contribution in [0.5, 0.6) is 0 Å². The summed E-state index contributed by atoms with van der Waals surface area (Å²) < 4.78 is 13.0. The summed E-state index contributed by atoms with van der Waals surface area (Å²) in [6, 6.07) is 10.4. The Labute approximate surface area is 170 Å². The monoisotopic (exact) mass is 394 g/mol. The zero-order valence-corrected chi connectivity index (χ0v) is 16.7. The summed E-state index contributed by atoms with van der Waals surface area (Å²) >= 11 is 0. The molecule has 1 fully saturated rings. The summed E-state index contributed by atoms with van der Waals surface area (Å²) in [5.41, 5.74) is 3.30. The van der Waals surface area contributed by atoms with E-state index >= 15 is 0 Å². The van der Waals surface area contributed by atoms with Crippen LogP contribution in [-0.2, 0) is 11.2 Å². The van der Waals surface area contributed by atoms with E-state index in [1.54, 1.807) is 12.1 Å². The van der Waals surface area contributed by atoms with E-state index in [2.05, 4.69) is 32.4 Å². The Kier molecular flexibility index (Phi) is 5.90. The number of carbonyl (C=O) groups excluding carboxylic acids is 1. The van der Waals surface area contributed by atoms with Crippen LogP contribution in [0.2, 0.25) is 0 Å². The van der Waals surface area contributed by atoms with E-state index in [1.165, 1.54) is 23.1 Å². The number of aromatic nitrogens is 2. The number of fused-ring (bicyclic) bond motifs is 1. The molecule has 1 aliphatic heterocycles. The summed E-state index contributed by atoms with van der Waals surface area (Å²) in [4.78, 5) is 22.5. The zero-order chi connectivity index (χ0) is 20.2. The van der Waals surface area contributed by atoms with Gasteiger partial charge in [-0.25, -0.2) is 9.37 Å². The molecule has 0 bridgehead atoms. The number of pyridine rings is 1. The minimum Gasteiger partial charge on any atom is -0.354 e. The van der Waals surface area contributed by atoms with E-state index in [-0.39, 0.29) is 17.8 Å². The number of H-pyrrole nitrogens is 1. The first-order valence-corrected chi connectivity index (χ1v) is 10.3. The van der Waals surface area contributed by atoms with E-state index in [1.807, 2.05) is 19.2 Å². The van der Waals surface area contributed by atoms with Gasteiger partial charge in [-0.15, -0.1) is 0 Å². The molecule has 4 rings (SSSR count). The van der Waals surface area contributed by atoms with E-state index in [0.717, 1.165) is 37.1 Å². The summed E-state index contributed by atoms with van der Waals surface area (Å²) in [7, 11) is 0. The lowest BCUT2D eigenvalue weighted by Gasteiger charge is -2.35. The number of carbonyl (C=O) groups is 1. The number of nitrogens with zero attached hydrogens (tertiary/aromatic N) is 2. The van der Waals surface area contributed by atoms with Gasteiger partial charge in [-0.2, -0.15) is 0 Å². The van der Waals surface area contributed by atoms with E-state index in [0.29, 0.717) is 18.9 Å².